The van der Waals surface area contributed by atoms with E-state index in [1.54, 1.807) is 32.0 Å². The lowest BCUT2D eigenvalue weighted by Crippen LogP contribution is -2.52. The first kappa shape index (κ1) is 18.8. The van der Waals surface area contributed by atoms with E-state index in [1.165, 1.54) is 14.2 Å². The monoisotopic (exact) mass is 323 g/mol. The van der Waals surface area contributed by atoms with Gasteiger partial charge >= 0.3 is 5.97 Å². The molecule has 0 aliphatic rings. The number of ether oxygens (including phenoxy) is 3. The summed E-state index contributed by atoms with van der Waals surface area (Å²) in [6, 6.07) is 4.89. The molecule has 6 heteroatoms. The SMILES string of the molecule is CCC(C)(NC(=O)c1ccc(OC(C)C)c(OC)c1)C(=O)OC. The molecule has 0 saturated carbocycles. The van der Waals surface area contributed by atoms with Gasteiger partial charge in [0.2, 0.25) is 0 Å². The highest BCUT2D eigenvalue weighted by molar-refractivity contribution is 5.98. The number of nitrogens with one attached hydrogen (secondary N) is 1. The molecule has 1 aromatic carbocycles. The summed E-state index contributed by atoms with van der Waals surface area (Å²) in [5.41, 5.74) is -0.701. The van der Waals surface area contributed by atoms with Crippen molar-refractivity contribution >= 4 is 11.9 Å². The Labute approximate surface area is 137 Å². The first-order valence-corrected chi connectivity index (χ1v) is 7.53. The van der Waals surface area contributed by atoms with E-state index in [-0.39, 0.29) is 12.0 Å². The quantitative estimate of drug-likeness (QED) is 0.781. The van der Waals surface area contributed by atoms with Crippen molar-refractivity contribution in [2.45, 2.75) is 45.8 Å². The second-order valence-corrected chi connectivity index (χ2v) is 5.66. The average Bonchev–Trinajstić information content (AvgIpc) is 2.53. The normalized spacial score (nSPS) is 13.2. The maximum Gasteiger partial charge on any atom is 0.331 e. The Balaban J connectivity index is 3.02. The van der Waals surface area contributed by atoms with E-state index in [0.717, 1.165) is 0 Å². The Morgan fingerprint density at radius 1 is 1.22 bits per heavy atom. The number of rotatable bonds is 7. The van der Waals surface area contributed by atoms with Crippen molar-refractivity contribution in [3.05, 3.63) is 23.8 Å². The van der Waals surface area contributed by atoms with Crippen molar-refractivity contribution in [2.75, 3.05) is 14.2 Å². The number of carbonyl (C=O) groups is 2. The fraction of sp³-hybridized carbons (Fsp3) is 0.529. The van der Waals surface area contributed by atoms with Crippen LogP contribution in [0.5, 0.6) is 11.5 Å². The van der Waals surface area contributed by atoms with Crippen molar-refractivity contribution < 1.29 is 23.8 Å². The molecular formula is C17H25NO5. The molecule has 6 nitrogen and oxygen atoms in total. The molecule has 0 aromatic heterocycles. The lowest BCUT2D eigenvalue weighted by Gasteiger charge is -2.26. The molecule has 1 unspecified atom stereocenters. The van der Waals surface area contributed by atoms with Crippen LogP contribution < -0.4 is 14.8 Å². The van der Waals surface area contributed by atoms with Crippen molar-refractivity contribution in [1.82, 2.24) is 5.32 Å². The Kier molecular flexibility index (Phi) is 6.42. The summed E-state index contributed by atoms with van der Waals surface area (Å²) in [6.07, 6.45) is 0.406. The minimum absolute atomic E-state index is 0.00807. The smallest absolute Gasteiger partial charge is 0.331 e. The van der Waals surface area contributed by atoms with Crippen LogP contribution in [0, 0.1) is 0 Å². The third-order valence-electron chi connectivity index (χ3n) is 3.52. The summed E-state index contributed by atoms with van der Waals surface area (Å²) in [6.45, 7) is 7.24. The molecule has 1 aromatic rings. The van der Waals surface area contributed by atoms with E-state index in [4.69, 9.17) is 14.2 Å². The van der Waals surface area contributed by atoms with Crippen LogP contribution in [0.4, 0.5) is 0 Å². The molecule has 0 radical (unpaired) electrons. The van der Waals surface area contributed by atoms with Gasteiger partial charge in [0.05, 0.1) is 20.3 Å². The third kappa shape index (κ3) is 4.61. The van der Waals surface area contributed by atoms with Crippen LogP contribution in [0.3, 0.4) is 0 Å². The summed E-state index contributed by atoms with van der Waals surface area (Å²) in [4.78, 5) is 24.3. The van der Waals surface area contributed by atoms with Gasteiger partial charge in [-0.25, -0.2) is 4.79 Å². The van der Waals surface area contributed by atoms with Crippen molar-refractivity contribution in [3.63, 3.8) is 0 Å². The van der Waals surface area contributed by atoms with Gasteiger partial charge in [-0.2, -0.15) is 0 Å². The predicted octanol–water partition coefficient (Wildman–Crippen LogP) is 2.55. The van der Waals surface area contributed by atoms with Crippen LogP contribution in [0.2, 0.25) is 0 Å². The van der Waals surface area contributed by atoms with E-state index >= 15 is 0 Å². The van der Waals surface area contributed by atoms with Gasteiger partial charge < -0.3 is 19.5 Å². The van der Waals surface area contributed by atoms with Gasteiger partial charge in [0.25, 0.3) is 5.91 Å². The van der Waals surface area contributed by atoms with Gasteiger partial charge in [-0.1, -0.05) is 6.92 Å². The van der Waals surface area contributed by atoms with Crippen molar-refractivity contribution in [3.8, 4) is 11.5 Å². The number of methoxy groups -OCH3 is 2. The van der Waals surface area contributed by atoms with E-state index in [2.05, 4.69) is 5.32 Å². The van der Waals surface area contributed by atoms with Crippen molar-refractivity contribution in [2.24, 2.45) is 0 Å². The highest BCUT2D eigenvalue weighted by atomic mass is 16.5. The topological polar surface area (TPSA) is 73.9 Å². The van der Waals surface area contributed by atoms with Crippen LogP contribution in [0.15, 0.2) is 18.2 Å². The fourth-order valence-corrected chi connectivity index (χ4v) is 1.99. The number of benzene rings is 1. The molecule has 23 heavy (non-hydrogen) atoms. The summed E-state index contributed by atoms with van der Waals surface area (Å²) < 4.78 is 15.6. The summed E-state index contributed by atoms with van der Waals surface area (Å²) in [5.74, 6) is 0.155. The molecule has 128 valence electrons. The van der Waals surface area contributed by atoms with Crippen LogP contribution >= 0.6 is 0 Å². The lowest BCUT2D eigenvalue weighted by atomic mass is 9.98. The van der Waals surface area contributed by atoms with Crippen LogP contribution in [-0.4, -0.2) is 37.7 Å². The molecule has 0 aliphatic carbocycles. The van der Waals surface area contributed by atoms with Crippen LogP contribution in [0.1, 0.15) is 44.5 Å². The van der Waals surface area contributed by atoms with Crippen LogP contribution in [-0.2, 0) is 9.53 Å². The van der Waals surface area contributed by atoms with Gasteiger partial charge in [-0.15, -0.1) is 0 Å². The van der Waals surface area contributed by atoms with E-state index in [0.29, 0.717) is 23.5 Å². The minimum Gasteiger partial charge on any atom is -0.493 e. The predicted molar refractivity (Wildman–Crippen MR) is 86.9 cm³/mol. The zero-order valence-corrected chi connectivity index (χ0v) is 14.6. The number of carbonyl (C=O) groups excluding carboxylic acids is 2. The maximum atomic E-state index is 12.4. The molecule has 1 rings (SSSR count). The minimum atomic E-state index is -1.08. The molecule has 0 heterocycles. The van der Waals surface area contributed by atoms with Crippen LogP contribution in [0.25, 0.3) is 0 Å². The molecule has 0 aliphatic heterocycles. The third-order valence-corrected chi connectivity index (χ3v) is 3.52. The Bertz CT molecular complexity index is 570. The number of hydrogen-bond acceptors (Lipinski definition) is 5. The van der Waals surface area contributed by atoms with Gasteiger partial charge in [-0.3, -0.25) is 4.79 Å². The standard InChI is InChI=1S/C17H25NO5/c1-7-17(4,16(20)22-6)18-15(19)12-8-9-13(23-11(2)3)14(10-12)21-5/h8-11H,7H2,1-6H3,(H,18,19). The van der Waals surface area contributed by atoms with Crippen molar-refractivity contribution in [1.29, 1.82) is 0 Å². The number of hydrogen-bond donors (Lipinski definition) is 1. The highest BCUT2D eigenvalue weighted by Gasteiger charge is 2.34. The van der Waals surface area contributed by atoms with Gasteiger partial charge in [0.1, 0.15) is 5.54 Å². The Hall–Kier alpha value is -2.24. The number of esters is 1. The lowest BCUT2D eigenvalue weighted by molar-refractivity contribution is -0.147. The largest absolute Gasteiger partial charge is 0.493 e. The Morgan fingerprint density at radius 2 is 1.87 bits per heavy atom. The summed E-state index contributed by atoms with van der Waals surface area (Å²) in [7, 11) is 2.80. The molecule has 1 atom stereocenters. The highest BCUT2D eigenvalue weighted by Crippen LogP contribution is 2.29. The average molecular weight is 323 g/mol. The molecule has 0 fully saturated rings. The van der Waals surface area contributed by atoms with E-state index < -0.39 is 11.5 Å². The maximum absolute atomic E-state index is 12.4. The van der Waals surface area contributed by atoms with Gasteiger partial charge in [0, 0.05) is 5.56 Å². The first-order chi connectivity index (χ1) is 10.8. The first-order valence-electron chi connectivity index (χ1n) is 7.53. The molecule has 0 bridgehead atoms. The van der Waals surface area contributed by atoms with Gasteiger partial charge in [0.15, 0.2) is 11.5 Å². The molecular weight excluding hydrogens is 298 g/mol. The summed E-state index contributed by atoms with van der Waals surface area (Å²) in [5, 5.41) is 2.71. The molecule has 0 spiro atoms. The molecule has 1 amide bonds. The second kappa shape index (κ2) is 7.85. The zero-order chi connectivity index (χ0) is 17.6. The molecule has 0 saturated heterocycles. The van der Waals surface area contributed by atoms with Gasteiger partial charge in [-0.05, 0) is 45.4 Å². The zero-order valence-electron chi connectivity index (χ0n) is 14.6. The Morgan fingerprint density at radius 3 is 2.35 bits per heavy atom. The van der Waals surface area contributed by atoms with E-state index in [1.807, 2.05) is 13.8 Å². The number of amides is 1. The second-order valence-electron chi connectivity index (χ2n) is 5.66. The summed E-state index contributed by atoms with van der Waals surface area (Å²) >= 11 is 0. The molecule has 1 N–H and O–H groups in total. The fourth-order valence-electron chi connectivity index (χ4n) is 1.99. The van der Waals surface area contributed by atoms with E-state index in [9.17, 15) is 9.59 Å².